The Morgan fingerprint density at radius 2 is 1.87 bits per heavy atom. The fourth-order valence-corrected chi connectivity index (χ4v) is 5.12. The predicted molar refractivity (Wildman–Crippen MR) is 119 cm³/mol. The van der Waals surface area contributed by atoms with Crippen LogP contribution in [0.3, 0.4) is 0 Å². The van der Waals surface area contributed by atoms with E-state index in [2.05, 4.69) is 48.9 Å². The Hall–Kier alpha value is -2.42. The number of aromatic nitrogens is 4. The van der Waals surface area contributed by atoms with Gasteiger partial charge in [-0.05, 0) is 42.9 Å². The lowest BCUT2D eigenvalue weighted by Gasteiger charge is -2.16. The molecule has 30 heavy (non-hydrogen) atoms. The molecule has 1 aromatic carbocycles. The molecule has 1 saturated heterocycles. The third kappa shape index (κ3) is 4.50. The molecule has 0 bridgehead atoms. The van der Waals surface area contributed by atoms with E-state index in [1.807, 2.05) is 23.6 Å². The maximum atomic E-state index is 5.65. The van der Waals surface area contributed by atoms with Gasteiger partial charge in [-0.1, -0.05) is 48.2 Å². The number of thiophene rings is 1. The molecular weight excluding hydrogens is 414 g/mol. The first kappa shape index (κ1) is 19.5. The van der Waals surface area contributed by atoms with Gasteiger partial charge in [0, 0.05) is 5.75 Å². The summed E-state index contributed by atoms with van der Waals surface area (Å²) in [5.74, 6) is 2.41. The molecule has 4 heterocycles. The minimum absolute atomic E-state index is 0.682. The van der Waals surface area contributed by atoms with Gasteiger partial charge in [0.1, 0.15) is 12.1 Å². The standard InChI is InChI=1S/C22H23N5OS2/c1-2-7-17(8-3-1)13-27-20(14-26-10-4-5-11-26)24-25-22(27)30-16-18-15-28-21(23-18)19-9-6-12-29-19/h1-3,6-9,12,15H,4-5,10-11,13-14,16H2. The summed E-state index contributed by atoms with van der Waals surface area (Å²) in [5, 5.41) is 12.0. The van der Waals surface area contributed by atoms with Gasteiger partial charge in [-0.2, -0.15) is 0 Å². The maximum absolute atomic E-state index is 5.65. The Labute approximate surface area is 184 Å². The molecule has 0 saturated carbocycles. The fourth-order valence-electron chi connectivity index (χ4n) is 3.63. The summed E-state index contributed by atoms with van der Waals surface area (Å²) >= 11 is 3.29. The number of benzene rings is 1. The van der Waals surface area contributed by atoms with E-state index in [0.717, 1.165) is 47.7 Å². The topological polar surface area (TPSA) is 60.0 Å². The zero-order chi connectivity index (χ0) is 20.2. The van der Waals surface area contributed by atoms with Crippen molar-refractivity contribution >= 4 is 23.1 Å². The van der Waals surface area contributed by atoms with Crippen LogP contribution in [0.2, 0.25) is 0 Å². The second kappa shape index (κ2) is 9.16. The van der Waals surface area contributed by atoms with Gasteiger partial charge in [-0.15, -0.1) is 21.5 Å². The van der Waals surface area contributed by atoms with Crippen LogP contribution < -0.4 is 0 Å². The molecule has 0 radical (unpaired) electrons. The summed E-state index contributed by atoms with van der Waals surface area (Å²) in [6, 6.07) is 14.5. The van der Waals surface area contributed by atoms with Gasteiger partial charge in [0.2, 0.25) is 5.89 Å². The van der Waals surface area contributed by atoms with Crippen molar-refractivity contribution < 1.29 is 4.42 Å². The molecule has 1 aliphatic rings. The van der Waals surface area contributed by atoms with E-state index in [0.29, 0.717) is 11.6 Å². The molecule has 3 aromatic heterocycles. The Morgan fingerprint density at radius 1 is 1.00 bits per heavy atom. The largest absolute Gasteiger partial charge is 0.444 e. The van der Waals surface area contributed by atoms with Crippen molar-refractivity contribution in [2.24, 2.45) is 0 Å². The number of hydrogen-bond donors (Lipinski definition) is 0. The Balaban J connectivity index is 1.33. The molecule has 154 valence electrons. The molecule has 0 spiro atoms. The monoisotopic (exact) mass is 437 g/mol. The zero-order valence-electron chi connectivity index (χ0n) is 16.6. The highest BCUT2D eigenvalue weighted by molar-refractivity contribution is 7.98. The molecule has 1 fully saturated rings. The van der Waals surface area contributed by atoms with Gasteiger partial charge < -0.3 is 8.98 Å². The van der Waals surface area contributed by atoms with Gasteiger partial charge in [0.25, 0.3) is 0 Å². The van der Waals surface area contributed by atoms with E-state index in [-0.39, 0.29) is 0 Å². The fraction of sp³-hybridized carbons (Fsp3) is 0.318. The van der Waals surface area contributed by atoms with Crippen LogP contribution >= 0.6 is 23.1 Å². The smallest absolute Gasteiger partial charge is 0.236 e. The summed E-state index contributed by atoms with van der Waals surface area (Å²) in [6.07, 6.45) is 4.28. The quantitative estimate of drug-likeness (QED) is 0.364. The van der Waals surface area contributed by atoms with E-state index >= 15 is 0 Å². The van der Waals surface area contributed by atoms with E-state index in [4.69, 9.17) is 4.42 Å². The summed E-state index contributed by atoms with van der Waals surface area (Å²) in [7, 11) is 0. The zero-order valence-corrected chi connectivity index (χ0v) is 18.2. The molecule has 5 rings (SSSR count). The van der Waals surface area contributed by atoms with Crippen LogP contribution in [-0.2, 0) is 18.8 Å². The van der Waals surface area contributed by atoms with Crippen LogP contribution in [0, 0.1) is 0 Å². The van der Waals surface area contributed by atoms with Crippen molar-refractivity contribution in [3.63, 3.8) is 0 Å². The lowest BCUT2D eigenvalue weighted by Crippen LogP contribution is -2.21. The lowest BCUT2D eigenvalue weighted by molar-refractivity contribution is 0.316. The lowest BCUT2D eigenvalue weighted by atomic mass is 10.2. The molecule has 0 amide bonds. The Kier molecular flexibility index (Phi) is 5.96. The SMILES string of the molecule is c1ccc(Cn2c(CN3CCCC3)nnc2SCc2coc(-c3cccs3)n2)cc1. The molecule has 0 atom stereocenters. The molecular formula is C22H23N5OS2. The van der Waals surface area contributed by atoms with Crippen molar-refractivity contribution in [2.45, 2.75) is 36.8 Å². The predicted octanol–water partition coefficient (Wildman–Crippen LogP) is 4.93. The number of likely N-dealkylation sites (tertiary alicyclic amines) is 1. The molecule has 0 unspecified atom stereocenters. The van der Waals surface area contributed by atoms with E-state index in [1.54, 1.807) is 29.4 Å². The molecule has 0 N–H and O–H groups in total. The maximum Gasteiger partial charge on any atom is 0.236 e. The second-order valence-electron chi connectivity index (χ2n) is 7.36. The van der Waals surface area contributed by atoms with Crippen LogP contribution in [0.25, 0.3) is 10.8 Å². The summed E-state index contributed by atoms with van der Waals surface area (Å²) in [6.45, 7) is 3.92. The molecule has 1 aliphatic heterocycles. The van der Waals surface area contributed by atoms with Crippen LogP contribution in [0.15, 0.2) is 63.7 Å². The number of thioether (sulfide) groups is 1. The summed E-state index contributed by atoms with van der Waals surface area (Å²) in [4.78, 5) is 8.14. The van der Waals surface area contributed by atoms with E-state index in [1.165, 1.54) is 18.4 Å². The number of nitrogens with zero attached hydrogens (tertiary/aromatic N) is 5. The molecule has 0 aliphatic carbocycles. The third-order valence-electron chi connectivity index (χ3n) is 5.17. The highest BCUT2D eigenvalue weighted by atomic mass is 32.2. The van der Waals surface area contributed by atoms with Gasteiger partial charge in [0.05, 0.1) is 23.7 Å². The van der Waals surface area contributed by atoms with Crippen LogP contribution in [-0.4, -0.2) is 37.7 Å². The van der Waals surface area contributed by atoms with Crippen molar-refractivity contribution in [3.8, 4) is 10.8 Å². The van der Waals surface area contributed by atoms with Crippen molar-refractivity contribution in [1.29, 1.82) is 0 Å². The normalized spacial score (nSPS) is 14.5. The average Bonchev–Trinajstić information content (AvgIpc) is 3.57. The van der Waals surface area contributed by atoms with E-state index < -0.39 is 0 Å². The van der Waals surface area contributed by atoms with Gasteiger partial charge >= 0.3 is 0 Å². The van der Waals surface area contributed by atoms with Crippen molar-refractivity contribution in [1.82, 2.24) is 24.6 Å². The number of hydrogen-bond acceptors (Lipinski definition) is 7. The third-order valence-corrected chi connectivity index (χ3v) is 7.03. The van der Waals surface area contributed by atoms with Gasteiger partial charge in [-0.3, -0.25) is 4.90 Å². The number of rotatable bonds is 8. The second-order valence-corrected chi connectivity index (χ2v) is 9.25. The van der Waals surface area contributed by atoms with Crippen LogP contribution in [0.4, 0.5) is 0 Å². The summed E-state index contributed by atoms with van der Waals surface area (Å²) in [5.41, 5.74) is 2.17. The Bertz CT molecular complexity index is 1070. The minimum Gasteiger partial charge on any atom is -0.444 e. The molecule has 6 nitrogen and oxygen atoms in total. The van der Waals surface area contributed by atoms with Gasteiger partial charge in [-0.25, -0.2) is 4.98 Å². The first-order chi connectivity index (χ1) is 14.8. The first-order valence-corrected chi connectivity index (χ1v) is 12.0. The van der Waals surface area contributed by atoms with Crippen LogP contribution in [0.1, 0.15) is 29.9 Å². The molecule has 4 aromatic rings. The van der Waals surface area contributed by atoms with Crippen LogP contribution in [0.5, 0.6) is 0 Å². The Morgan fingerprint density at radius 3 is 2.67 bits per heavy atom. The minimum atomic E-state index is 0.682. The average molecular weight is 438 g/mol. The highest BCUT2D eigenvalue weighted by Gasteiger charge is 2.19. The van der Waals surface area contributed by atoms with E-state index in [9.17, 15) is 0 Å². The first-order valence-electron chi connectivity index (χ1n) is 10.1. The van der Waals surface area contributed by atoms with Gasteiger partial charge in [0.15, 0.2) is 5.16 Å². The summed E-state index contributed by atoms with van der Waals surface area (Å²) < 4.78 is 7.90. The van der Waals surface area contributed by atoms with Crippen molar-refractivity contribution in [3.05, 3.63) is 71.2 Å². The van der Waals surface area contributed by atoms with Crippen molar-refractivity contribution in [2.75, 3.05) is 13.1 Å². The number of oxazole rings is 1. The molecule has 8 heteroatoms. The highest BCUT2D eigenvalue weighted by Crippen LogP contribution is 2.27.